The third kappa shape index (κ3) is 4.83. The van der Waals surface area contributed by atoms with Crippen LogP contribution < -0.4 is 27.2 Å². The van der Waals surface area contributed by atoms with Crippen LogP contribution in [0.4, 0.5) is 0 Å². The van der Waals surface area contributed by atoms with Gasteiger partial charge in [-0.25, -0.2) is 4.98 Å². The Morgan fingerprint density at radius 2 is 1.92 bits per heavy atom. The van der Waals surface area contributed by atoms with E-state index in [0.29, 0.717) is 23.8 Å². The third-order valence-electron chi connectivity index (χ3n) is 3.65. The number of hydrogen-bond acceptors (Lipinski definition) is 5. The van der Waals surface area contributed by atoms with Crippen molar-refractivity contribution < 1.29 is 26.7 Å². The molecule has 0 saturated heterocycles. The Balaban J connectivity index is 0.00000243. The van der Waals surface area contributed by atoms with Crippen LogP contribution in [0.2, 0.25) is 0 Å². The van der Waals surface area contributed by atoms with Crippen molar-refractivity contribution >= 4 is 28.7 Å². The smallest absolute Gasteiger partial charge is 0.230 e. The van der Waals surface area contributed by atoms with Gasteiger partial charge in [0.15, 0.2) is 16.7 Å². The zero-order chi connectivity index (χ0) is 17.6. The number of halogens is 1. The summed E-state index contributed by atoms with van der Waals surface area (Å²) in [5.41, 5.74) is 2.81. The Kier molecular flexibility index (Phi) is 7.17. The summed E-state index contributed by atoms with van der Waals surface area (Å²) in [6.07, 6.45) is 0. The van der Waals surface area contributed by atoms with Crippen LogP contribution in [0.1, 0.15) is 5.56 Å². The highest BCUT2D eigenvalue weighted by atomic mass is 35.5. The standard InChI is InChI=1S/C18H19N3O3S.ClH/c1-23-15-8-7-12(9-16(15)24-2)10-19-17(22)11-25-18-20-13-5-3-4-6-14(13)21-18;/h3-9H,10-11H2,1-2H3,(H,19,22)(H,20,21);1H/p-1. The summed E-state index contributed by atoms with van der Waals surface area (Å²) in [6, 6.07) is 13.4. The number of imidazole rings is 1. The number of rotatable bonds is 7. The number of para-hydroxylation sites is 2. The SMILES string of the molecule is COc1ccc(CNC(=O)CSc2nc3ccccc3[nH]2)cc1OC.[Cl-]. The molecule has 0 aliphatic heterocycles. The molecule has 1 aromatic heterocycles. The summed E-state index contributed by atoms with van der Waals surface area (Å²) in [4.78, 5) is 19.7. The highest BCUT2D eigenvalue weighted by molar-refractivity contribution is 7.99. The van der Waals surface area contributed by atoms with E-state index >= 15 is 0 Å². The summed E-state index contributed by atoms with van der Waals surface area (Å²) in [5.74, 6) is 1.55. The number of carbonyl (C=O) groups excluding carboxylic acids is 1. The Labute approximate surface area is 162 Å². The van der Waals surface area contributed by atoms with Crippen molar-refractivity contribution in [2.75, 3.05) is 20.0 Å². The molecule has 1 heterocycles. The molecule has 1 amide bonds. The lowest BCUT2D eigenvalue weighted by Crippen LogP contribution is -3.00. The van der Waals surface area contributed by atoms with Gasteiger partial charge >= 0.3 is 0 Å². The third-order valence-corrected chi connectivity index (χ3v) is 4.52. The van der Waals surface area contributed by atoms with Crippen LogP contribution in [-0.4, -0.2) is 35.8 Å². The molecule has 0 spiro atoms. The van der Waals surface area contributed by atoms with E-state index in [0.717, 1.165) is 21.8 Å². The van der Waals surface area contributed by atoms with Crippen LogP contribution in [0, 0.1) is 0 Å². The van der Waals surface area contributed by atoms with Gasteiger partial charge in [0.05, 0.1) is 31.0 Å². The number of nitrogens with one attached hydrogen (secondary N) is 2. The normalized spacial score (nSPS) is 10.2. The number of aromatic nitrogens is 2. The number of methoxy groups -OCH3 is 2. The van der Waals surface area contributed by atoms with Gasteiger partial charge in [-0.1, -0.05) is 30.0 Å². The fraction of sp³-hybridized carbons (Fsp3) is 0.222. The van der Waals surface area contributed by atoms with E-state index in [1.807, 2.05) is 42.5 Å². The molecule has 0 radical (unpaired) electrons. The van der Waals surface area contributed by atoms with Crippen molar-refractivity contribution in [1.29, 1.82) is 0 Å². The van der Waals surface area contributed by atoms with Gasteiger partial charge in [0.2, 0.25) is 5.91 Å². The molecule has 0 aliphatic carbocycles. The number of thioether (sulfide) groups is 1. The molecular formula is C18H19ClN3O3S-. The van der Waals surface area contributed by atoms with E-state index in [9.17, 15) is 4.79 Å². The minimum absolute atomic E-state index is 0. The van der Waals surface area contributed by atoms with E-state index in [4.69, 9.17) is 9.47 Å². The fourth-order valence-corrected chi connectivity index (χ4v) is 3.09. The number of fused-ring (bicyclic) bond motifs is 1. The number of benzene rings is 2. The van der Waals surface area contributed by atoms with Crippen molar-refractivity contribution in [3.05, 3.63) is 48.0 Å². The molecule has 138 valence electrons. The first kappa shape index (κ1) is 19.9. The summed E-state index contributed by atoms with van der Waals surface area (Å²) >= 11 is 1.38. The number of amides is 1. The van der Waals surface area contributed by atoms with Crippen molar-refractivity contribution in [3.63, 3.8) is 0 Å². The molecule has 2 aromatic carbocycles. The van der Waals surface area contributed by atoms with Crippen LogP contribution in [0.3, 0.4) is 0 Å². The van der Waals surface area contributed by atoms with Crippen molar-refractivity contribution in [3.8, 4) is 11.5 Å². The summed E-state index contributed by atoms with van der Waals surface area (Å²) < 4.78 is 10.5. The largest absolute Gasteiger partial charge is 1.00 e. The average Bonchev–Trinajstić information content (AvgIpc) is 3.07. The minimum atomic E-state index is -0.0553. The van der Waals surface area contributed by atoms with Crippen LogP contribution >= 0.6 is 11.8 Å². The second kappa shape index (κ2) is 9.35. The Morgan fingerprint density at radius 1 is 1.15 bits per heavy atom. The Hall–Kier alpha value is -2.38. The molecule has 0 bridgehead atoms. The van der Waals surface area contributed by atoms with Crippen molar-refractivity contribution in [1.82, 2.24) is 15.3 Å². The van der Waals surface area contributed by atoms with E-state index in [2.05, 4.69) is 15.3 Å². The second-order valence-corrected chi connectivity index (χ2v) is 6.28. The maximum absolute atomic E-state index is 12.1. The fourth-order valence-electron chi connectivity index (χ4n) is 2.37. The van der Waals surface area contributed by atoms with E-state index in [1.54, 1.807) is 14.2 Å². The monoisotopic (exact) mass is 392 g/mol. The maximum Gasteiger partial charge on any atom is 0.230 e. The number of ether oxygens (including phenoxy) is 2. The molecule has 3 aromatic rings. The number of nitrogens with zero attached hydrogens (tertiary/aromatic N) is 1. The van der Waals surface area contributed by atoms with Crippen molar-refractivity contribution in [2.45, 2.75) is 11.7 Å². The van der Waals surface area contributed by atoms with Gasteiger partial charge in [-0.15, -0.1) is 0 Å². The molecular weight excluding hydrogens is 374 g/mol. The highest BCUT2D eigenvalue weighted by Gasteiger charge is 2.08. The molecule has 2 N–H and O–H groups in total. The predicted octanol–water partition coefficient (Wildman–Crippen LogP) is -0.00740. The van der Waals surface area contributed by atoms with Crippen LogP contribution in [0.15, 0.2) is 47.6 Å². The molecule has 0 fully saturated rings. The predicted molar refractivity (Wildman–Crippen MR) is 98.2 cm³/mol. The van der Waals surface area contributed by atoms with Gasteiger partial charge in [0.25, 0.3) is 0 Å². The number of carbonyl (C=O) groups is 1. The Morgan fingerprint density at radius 3 is 2.65 bits per heavy atom. The number of aromatic amines is 1. The van der Waals surface area contributed by atoms with E-state index < -0.39 is 0 Å². The highest BCUT2D eigenvalue weighted by Crippen LogP contribution is 2.27. The lowest BCUT2D eigenvalue weighted by atomic mass is 10.2. The molecule has 0 atom stereocenters. The van der Waals surface area contributed by atoms with Crippen LogP contribution in [0.25, 0.3) is 11.0 Å². The zero-order valence-corrected chi connectivity index (χ0v) is 16.0. The summed E-state index contributed by atoms with van der Waals surface area (Å²) in [5, 5.41) is 3.63. The zero-order valence-electron chi connectivity index (χ0n) is 14.4. The maximum atomic E-state index is 12.1. The minimum Gasteiger partial charge on any atom is -1.00 e. The molecule has 26 heavy (non-hydrogen) atoms. The lowest BCUT2D eigenvalue weighted by Gasteiger charge is -2.10. The first-order valence-electron chi connectivity index (χ1n) is 7.74. The van der Waals surface area contributed by atoms with Gasteiger partial charge < -0.3 is 32.2 Å². The lowest BCUT2D eigenvalue weighted by molar-refractivity contribution is -0.118. The first-order chi connectivity index (χ1) is 12.2. The molecule has 8 heteroatoms. The second-order valence-electron chi connectivity index (χ2n) is 5.31. The van der Waals surface area contributed by atoms with Crippen LogP contribution in [0.5, 0.6) is 11.5 Å². The average molecular weight is 393 g/mol. The summed E-state index contributed by atoms with van der Waals surface area (Å²) in [7, 11) is 3.18. The van der Waals surface area contributed by atoms with E-state index in [-0.39, 0.29) is 18.3 Å². The van der Waals surface area contributed by atoms with Crippen molar-refractivity contribution in [2.24, 2.45) is 0 Å². The number of hydrogen-bond donors (Lipinski definition) is 2. The van der Waals surface area contributed by atoms with Gasteiger partial charge in [-0.3, -0.25) is 4.79 Å². The topological polar surface area (TPSA) is 76.2 Å². The molecule has 0 aliphatic rings. The summed E-state index contributed by atoms with van der Waals surface area (Å²) in [6.45, 7) is 0.430. The van der Waals surface area contributed by atoms with Gasteiger partial charge in [-0.05, 0) is 29.8 Å². The Bertz CT molecular complexity index is 852. The number of H-pyrrole nitrogens is 1. The molecule has 0 unspecified atom stereocenters. The molecule has 0 saturated carbocycles. The van der Waals surface area contributed by atoms with Gasteiger partial charge in [-0.2, -0.15) is 0 Å². The van der Waals surface area contributed by atoms with Gasteiger partial charge in [0, 0.05) is 6.54 Å². The van der Waals surface area contributed by atoms with Gasteiger partial charge in [0.1, 0.15) is 0 Å². The first-order valence-corrected chi connectivity index (χ1v) is 8.73. The van der Waals surface area contributed by atoms with E-state index in [1.165, 1.54) is 11.8 Å². The van der Waals surface area contributed by atoms with Crippen LogP contribution in [-0.2, 0) is 11.3 Å². The molecule has 6 nitrogen and oxygen atoms in total. The quantitative estimate of drug-likeness (QED) is 0.553. The molecule has 3 rings (SSSR count).